The first kappa shape index (κ1) is 19.4. The number of hydrogen-bond donors (Lipinski definition) is 1. The van der Waals surface area contributed by atoms with Gasteiger partial charge in [0.1, 0.15) is 5.00 Å². The topological polar surface area (TPSA) is 61.9 Å². The number of esters is 1. The van der Waals surface area contributed by atoms with Crippen LogP contribution < -0.4 is 10.2 Å². The summed E-state index contributed by atoms with van der Waals surface area (Å²) in [7, 11) is 1.33. The Hall–Kier alpha value is -2.38. The van der Waals surface area contributed by atoms with Gasteiger partial charge in [0.15, 0.2) is 0 Å². The molecule has 3 rings (SSSR count). The Kier molecular flexibility index (Phi) is 6.13. The van der Waals surface area contributed by atoms with Gasteiger partial charge in [0.25, 0.3) is 0 Å². The molecule has 0 bridgehead atoms. The molecular weight excluding hydrogens is 362 g/mol. The minimum atomic E-state index is -0.438. The molecule has 1 atom stereocenters. The van der Waals surface area contributed by atoms with Crippen molar-refractivity contribution in [2.24, 2.45) is 0 Å². The van der Waals surface area contributed by atoms with Crippen LogP contribution in [0, 0.1) is 6.92 Å². The molecule has 0 aliphatic carbocycles. The number of aryl methyl sites for hydroxylation is 1. The minimum Gasteiger partial charge on any atom is -0.465 e. The summed E-state index contributed by atoms with van der Waals surface area (Å²) in [5.74, 6) is -0.550. The Morgan fingerprint density at radius 1 is 1.22 bits per heavy atom. The number of piperazine rings is 1. The highest BCUT2D eigenvalue weighted by Crippen LogP contribution is 2.24. The van der Waals surface area contributed by atoms with Crippen molar-refractivity contribution in [1.29, 1.82) is 0 Å². The van der Waals surface area contributed by atoms with E-state index in [-0.39, 0.29) is 5.91 Å². The summed E-state index contributed by atoms with van der Waals surface area (Å²) in [6.45, 7) is 7.09. The van der Waals surface area contributed by atoms with Crippen LogP contribution in [0.4, 0.5) is 10.7 Å². The first-order valence-electron chi connectivity index (χ1n) is 8.99. The van der Waals surface area contributed by atoms with Crippen molar-refractivity contribution in [2.45, 2.75) is 19.9 Å². The van der Waals surface area contributed by atoms with Crippen LogP contribution in [0.3, 0.4) is 0 Å². The molecule has 0 spiro atoms. The summed E-state index contributed by atoms with van der Waals surface area (Å²) < 4.78 is 4.74. The number of thiophene rings is 1. The van der Waals surface area contributed by atoms with Crippen molar-refractivity contribution in [3.05, 3.63) is 46.8 Å². The normalized spacial score (nSPS) is 17.6. The van der Waals surface area contributed by atoms with E-state index in [1.807, 2.05) is 0 Å². The van der Waals surface area contributed by atoms with Crippen molar-refractivity contribution in [3.8, 4) is 0 Å². The highest BCUT2D eigenvalue weighted by molar-refractivity contribution is 7.14. The molecule has 1 saturated heterocycles. The lowest BCUT2D eigenvalue weighted by Crippen LogP contribution is -2.53. The van der Waals surface area contributed by atoms with E-state index in [0.29, 0.717) is 23.2 Å². The van der Waals surface area contributed by atoms with Crippen LogP contribution in [0.5, 0.6) is 0 Å². The Labute approximate surface area is 163 Å². The van der Waals surface area contributed by atoms with Gasteiger partial charge in [-0.2, -0.15) is 0 Å². The number of benzene rings is 1. The maximum Gasteiger partial charge on any atom is 0.340 e. The summed E-state index contributed by atoms with van der Waals surface area (Å²) in [6.07, 6.45) is 0. The standard InChI is InChI=1S/C20H25N3O3S/c1-14-4-6-16(7-5-14)23-10-9-22(12-15(23)2)13-18(24)21-19-17(8-11-27-19)20(25)26-3/h4-8,11,15H,9-10,12-13H2,1-3H3,(H,21,24). The fourth-order valence-corrected chi connectivity index (χ4v) is 4.13. The number of carbonyl (C=O) groups excluding carboxylic acids is 2. The molecule has 6 nitrogen and oxygen atoms in total. The van der Waals surface area contributed by atoms with Crippen LogP contribution >= 0.6 is 11.3 Å². The monoisotopic (exact) mass is 387 g/mol. The quantitative estimate of drug-likeness (QED) is 0.799. The molecule has 1 fully saturated rings. The summed E-state index contributed by atoms with van der Waals surface area (Å²) in [6, 6.07) is 10.5. The average molecular weight is 388 g/mol. The summed E-state index contributed by atoms with van der Waals surface area (Å²) in [5, 5.41) is 5.15. The Balaban J connectivity index is 1.55. The molecule has 1 N–H and O–H groups in total. The molecule has 2 aromatic rings. The molecule has 0 radical (unpaired) electrons. The number of nitrogens with zero attached hydrogens (tertiary/aromatic N) is 2. The molecule has 27 heavy (non-hydrogen) atoms. The molecule has 1 aliphatic heterocycles. The number of ether oxygens (including phenoxy) is 1. The molecule has 1 unspecified atom stereocenters. The number of rotatable bonds is 5. The SMILES string of the molecule is COC(=O)c1ccsc1NC(=O)CN1CCN(c2ccc(C)cc2)C(C)C1. The molecule has 1 amide bonds. The predicted molar refractivity (Wildman–Crippen MR) is 109 cm³/mol. The van der Waals surface area contributed by atoms with Gasteiger partial charge in [0, 0.05) is 31.4 Å². The second-order valence-electron chi connectivity index (χ2n) is 6.82. The zero-order valence-corrected chi connectivity index (χ0v) is 16.7. The Morgan fingerprint density at radius 2 is 1.96 bits per heavy atom. The highest BCUT2D eigenvalue weighted by atomic mass is 32.1. The van der Waals surface area contributed by atoms with Gasteiger partial charge in [0.05, 0.1) is 19.2 Å². The summed E-state index contributed by atoms with van der Waals surface area (Å²) in [4.78, 5) is 28.7. The zero-order valence-electron chi connectivity index (χ0n) is 15.9. The van der Waals surface area contributed by atoms with Gasteiger partial charge in [-0.1, -0.05) is 17.7 Å². The maximum atomic E-state index is 12.4. The van der Waals surface area contributed by atoms with E-state index in [1.165, 1.54) is 29.7 Å². The van der Waals surface area contributed by atoms with E-state index in [0.717, 1.165) is 19.6 Å². The van der Waals surface area contributed by atoms with Crippen molar-refractivity contribution in [3.63, 3.8) is 0 Å². The van der Waals surface area contributed by atoms with Gasteiger partial charge in [-0.3, -0.25) is 9.69 Å². The van der Waals surface area contributed by atoms with Crippen LogP contribution in [0.25, 0.3) is 0 Å². The van der Waals surface area contributed by atoms with Gasteiger partial charge < -0.3 is 15.0 Å². The largest absolute Gasteiger partial charge is 0.465 e. The lowest BCUT2D eigenvalue weighted by molar-refractivity contribution is -0.117. The molecule has 0 saturated carbocycles. The van der Waals surface area contributed by atoms with Crippen LogP contribution in [-0.4, -0.2) is 56.1 Å². The second kappa shape index (κ2) is 8.54. The smallest absolute Gasteiger partial charge is 0.340 e. The van der Waals surface area contributed by atoms with Gasteiger partial charge >= 0.3 is 5.97 Å². The molecule has 144 valence electrons. The number of methoxy groups -OCH3 is 1. The van der Waals surface area contributed by atoms with Gasteiger partial charge in [-0.15, -0.1) is 11.3 Å². The molecule has 1 aromatic carbocycles. The summed E-state index contributed by atoms with van der Waals surface area (Å²) in [5.41, 5.74) is 2.87. The van der Waals surface area contributed by atoms with Crippen LogP contribution in [-0.2, 0) is 9.53 Å². The van der Waals surface area contributed by atoms with Crippen molar-refractivity contribution < 1.29 is 14.3 Å². The third-order valence-corrected chi connectivity index (χ3v) is 5.60. The van der Waals surface area contributed by atoms with Crippen LogP contribution in [0.1, 0.15) is 22.8 Å². The van der Waals surface area contributed by atoms with Crippen LogP contribution in [0.15, 0.2) is 35.7 Å². The summed E-state index contributed by atoms with van der Waals surface area (Å²) >= 11 is 1.32. The number of anilines is 2. The number of hydrogen-bond acceptors (Lipinski definition) is 6. The van der Waals surface area contributed by atoms with Crippen molar-refractivity contribution >= 4 is 33.9 Å². The van der Waals surface area contributed by atoms with Gasteiger partial charge in [-0.25, -0.2) is 4.79 Å². The minimum absolute atomic E-state index is 0.112. The lowest BCUT2D eigenvalue weighted by atomic mass is 10.1. The Bertz CT molecular complexity index is 803. The van der Waals surface area contributed by atoms with Crippen molar-refractivity contribution in [1.82, 2.24) is 4.90 Å². The van der Waals surface area contributed by atoms with E-state index in [9.17, 15) is 9.59 Å². The molecular formula is C20H25N3O3S. The molecule has 7 heteroatoms. The lowest BCUT2D eigenvalue weighted by Gasteiger charge is -2.41. The molecule has 1 aromatic heterocycles. The number of amides is 1. The van der Waals surface area contributed by atoms with Crippen molar-refractivity contribution in [2.75, 3.05) is 43.5 Å². The van der Waals surface area contributed by atoms with E-state index in [2.05, 4.69) is 53.2 Å². The maximum absolute atomic E-state index is 12.4. The van der Waals surface area contributed by atoms with E-state index < -0.39 is 5.97 Å². The van der Waals surface area contributed by atoms with E-state index >= 15 is 0 Å². The fraction of sp³-hybridized carbons (Fsp3) is 0.400. The second-order valence-corrected chi connectivity index (χ2v) is 7.73. The highest BCUT2D eigenvalue weighted by Gasteiger charge is 2.25. The third-order valence-electron chi connectivity index (χ3n) is 4.77. The zero-order chi connectivity index (χ0) is 19.4. The van der Waals surface area contributed by atoms with Crippen LogP contribution in [0.2, 0.25) is 0 Å². The van der Waals surface area contributed by atoms with Gasteiger partial charge in [-0.05, 0) is 37.4 Å². The predicted octanol–water partition coefficient (Wildman–Crippen LogP) is 2.99. The fourth-order valence-electron chi connectivity index (χ4n) is 3.34. The van der Waals surface area contributed by atoms with E-state index in [1.54, 1.807) is 11.4 Å². The van der Waals surface area contributed by atoms with Gasteiger partial charge in [0.2, 0.25) is 5.91 Å². The molecule has 2 heterocycles. The first-order chi connectivity index (χ1) is 13.0. The first-order valence-corrected chi connectivity index (χ1v) is 9.87. The van der Waals surface area contributed by atoms with E-state index in [4.69, 9.17) is 4.74 Å². The number of carbonyl (C=O) groups is 2. The third kappa shape index (κ3) is 4.67. The average Bonchev–Trinajstić information content (AvgIpc) is 3.10. The number of nitrogens with one attached hydrogen (secondary N) is 1. The Morgan fingerprint density at radius 3 is 2.63 bits per heavy atom. The molecule has 1 aliphatic rings.